The minimum atomic E-state index is -0.678. The van der Waals surface area contributed by atoms with Crippen LogP contribution in [-0.4, -0.2) is 69.4 Å². The van der Waals surface area contributed by atoms with Crippen LogP contribution in [0.1, 0.15) is 24.2 Å². The van der Waals surface area contributed by atoms with E-state index in [-0.39, 0.29) is 5.91 Å². The number of nitrogens with zero attached hydrogens (tertiary/aromatic N) is 5. The highest BCUT2D eigenvalue weighted by Crippen LogP contribution is 2.16. The van der Waals surface area contributed by atoms with Crippen molar-refractivity contribution in [2.45, 2.75) is 19.4 Å². The van der Waals surface area contributed by atoms with Gasteiger partial charge in [-0.2, -0.15) is 0 Å². The Morgan fingerprint density at radius 2 is 2.08 bits per heavy atom. The van der Waals surface area contributed by atoms with Crippen molar-refractivity contribution in [3.63, 3.8) is 0 Å². The van der Waals surface area contributed by atoms with Crippen LogP contribution >= 0.6 is 11.3 Å². The van der Waals surface area contributed by atoms with E-state index in [1.807, 2.05) is 19.9 Å². The Kier molecular flexibility index (Phi) is 5.26. The zero-order valence-electron chi connectivity index (χ0n) is 14.3. The van der Waals surface area contributed by atoms with Gasteiger partial charge in [-0.05, 0) is 26.0 Å². The molecule has 1 fully saturated rings. The number of nitrogens with one attached hydrogen (secondary N) is 1. The zero-order chi connectivity index (χ0) is 17.9. The Morgan fingerprint density at radius 3 is 2.64 bits per heavy atom. The molecule has 9 heteroatoms. The Labute approximate surface area is 150 Å². The molecule has 0 bridgehead atoms. The van der Waals surface area contributed by atoms with Crippen molar-refractivity contribution in [3.8, 4) is 0 Å². The molecule has 0 unspecified atom stereocenters. The highest BCUT2D eigenvalue weighted by atomic mass is 32.1. The van der Waals surface area contributed by atoms with Gasteiger partial charge in [0.05, 0.1) is 11.2 Å². The number of β-amino-alcohol motifs (C(OH)–C–C–N with tert-alkyl or cyclic N) is 1. The second-order valence-electron chi connectivity index (χ2n) is 6.68. The second kappa shape index (κ2) is 7.42. The number of anilines is 2. The van der Waals surface area contributed by atoms with Gasteiger partial charge in [0, 0.05) is 38.9 Å². The van der Waals surface area contributed by atoms with E-state index < -0.39 is 5.60 Å². The Bertz CT molecular complexity index is 690. The van der Waals surface area contributed by atoms with Crippen LogP contribution < -0.4 is 10.2 Å². The van der Waals surface area contributed by atoms with Crippen LogP contribution in [0.2, 0.25) is 0 Å². The summed E-state index contributed by atoms with van der Waals surface area (Å²) in [6.45, 7) is 7.77. The third-order valence-electron chi connectivity index (χ3n) is 3.90. The predicted molar refractivity (Wildman–Crippen MR) is 97.1 cm³/mol. The van der Waals surface area contributed by atoms with E-state index >= 15 is 0 Å². The van der Waals surface area contributed by atoms with Gasteiger partial charge in [-0.15, -0.1) is 10.2 Å². The predicted octanol–water partition coefficient (Wildman–Crippen LogP) is 1.08. The molecule has 2 aromatic rings. The fraction of sp³-hybridized carbons (Fsp3) is 0.500. The van der Waals surface area contributed by atoms with Gasteiger partial charge in [-0.3, -0.25) is 15.0 Å². The summed E-state index contributed by atoms with van der Waals surface area (Å²) in [4.78, 5) is 21.0. The lowest BCUT2D eigenvalue weighted by Crippen LogP contribution is -2.50. The number of carbonyl (C=O) groups is 1. The maximum absolute atomic E-state index is 12.1. The van der Waals surface area contributed by atoms with E-state index in [0.717, 1.165) is 32.0 Å². The third kappa shape index (κ3) is 4.94. The van der Waals surface area contributed by atoms with Gasteiger partial charge in [-0.1, -0.05) is 11.3 Å². The fourth-order valence-electron chi connectivity index (χ4n) is 2.79. The van der Waals surface area contributed by atoms with E-state index in [1.54, 1.807) is 17.8 Å². The SMILES string of the molecule is CC(C)(O)CN1CCN(c2ccc(C(=O)Nc3nncs3)cn2)CC1. The molecule has 0 radical (unpaired) electrons. The summed E-state index contributed by atoms with van der Waals surface area (Å²) in [5, 5.41) is 20.5. The van der Waals surface area contributed by atoms with Crippen LogP contribution in [0.15, 0.2) is 23.8 Å². The van der Waals surface area contributed by atoms with Crippen LogP contribution in [0.3, 0.4) is 0 Å². The summed E-state index contributed by atoms with van der Waals surface area (Å²) in [6.07, 6.45) is 1.58. The number of piperazine rings is 1. The minimum absolute atomic E-state index is 0.245. The fourth-order valence-corrected chi connectivity index (χ4v) is 3.23. The normalized spacial score (nSPS) is 16.0. The third-order valence-corrected chi connectivity index (χ3v) is 4.50. The molecular formula is C16H22N6O2S. The van der Waals surface area contributed by atoms with Gasteiger partial charge in [-0.25, -0.2) is 4.98 Å². The van der Waals surface area contributed by atoms with Crippen molar-refractivity contribution in [1.82, 2.24) is 20.1 Å². The maximum Gasteiger partial charge on any atom is 0.259 e. The molecule has 134 valence electrons. The molecule has 2 aromatic heterocycles. The molecule has 0 saturated carbocycles. The highest BCUT2D eigenvalue weighted by molar-refractivity contribution is 7.13. The number of carbonyl (C=O) groups excluding carboxylic acids is 1. The average molecular weight is 362 g/mol. The monoisotopic (exact) mass is 362 g/mol. The highest BCUT2D eigenvalue weighted by Gasteiger charge is 2.23. The van der Waals surface area contributed by atoms with Gasteiger partial charge in [0.2, 0.25) is 5.13 Å². The molecule has 3 heterocycles. The largest absolute Gasteiger partial charge is 0.389 e. The molecule has 8 nitrogen and oxygen atoms in total. The minimum Gasteiger partial charge on any atom is -0.389 e. The molecule has 3 rings (SSSR count). The van der Waals surface area contributed by atoms with Crippen LogP contribution in [-0.2, 0) is 0 Å². The van der Waals surface area contributed by atoms with Crippen LogP contribution in [0.5, 0.6) is 0 Å². The zero-order valence-corrected chi connectivity index (χ0v) is 15.2. The lowest BCUT2D eigenvalue weighted by molar-refractivity contribution is 0.0344. The van der Waals surface area contributed by atoms with Crippen molar-refractivity contribution >= 4 is 28.2 Å². The van der Waals surface area contributed by atoms with E-state index in [2.05, 4.69) is 30.3 Å². The van der Waals surface area contributed by atoms with Gasteiger partial charge >= 0.3 is 0 Å². The summed E-state index contributed by atoms with van der Waals surface area (Å²) in [5.41, 5.74) is 1.37. The van der Waals surface area contributed by atoms with E-state index in [1.165, 1.54) is 11.3 Å². The Morgan fingerprint density at radius 1 is 1.32 bits per heavy atom. The summed E-state index contributed by atoms with van der Waals surface area (Å²) in [6, 6.07) is 3.63. The molecule has 1 amide bonds. The molecule has 1 aliphatic rings. The van der Waals surface area contributed by atoms with Crippen LogP contribution in [0.25, 0.3) is 0 Å². The quantitative estimate of drug-likeness (QED) is 0.822. The number of aromatic nitrogens is 3. The van der Waals surface area contributed by atoms with Gasteiger partial charge in [0.1, 0.15) is 11.3 Å². The van der Waals surface area contributed by atoms with Crippen molar-refractivity contribution in [3.05, 3.63) is 29.4 Å². The lowest BCUT2D eigenvalue weighted by atomic mass is 10.1. The topological polar surface area (TPSA) is 94.5 Å². The molecule has 2 N–H and O–H groups in total. The number of aliphatic hydroxyl groups is 1. The Balaban J connectivity index is 1.55. The molecule has 0 aliphatic carbocycles. The van der Waals surface area contributed by atoms with Crippen LogP contribution in [0.4, 0.5) is 10.9 Å². The second-order valence-corrected chi connectivity index (χ2v) is 7.51. The average Bonchev–Trinajstić information content (AvgIpc) is 3.07. The number of hydrogen-bond donors (Lipinski definition) is 2. The van der Waals surface area contributed by atoms with Crippen molar-refractivity contribution in [1.29, 1.82) is 0 Å². The number of rotatable bonds is 5. The van der Waals surface area contributed by atoms with Crippen molar-refractivity contribution < 1.29 is 9.90 Å². The summed E-state index contributed by atoms with van der Waals surface area (Å²) in [5.74, 6) is 0.612. The van der Waals surface area contributed by atoms with Gasteiger partial charge in [0.15, 0.2) is 0 Å². The van der Waals surface area contributed by atoms with Crippen LogP contribution in [0, 0.1) is 0 Å². The first kappa shape index (κ1) is 17.7. The van der Waals surface area contributed by atoms with Crippen molar-refractivity contribution in [2.24, 2.45) is 0 Å². The van der Waals surface area contributed by atoms with E-state index in [4.69, 9.17) is 0 Å². The number of amides is 1. The lowest BCUT2D eigenvalue weighted by Gasteiger charge is -2.37. The molecule has 0 aromatic carbocycles. The summed E-state index contributed by atoms with van der Waals surface area (Å²) < 4.78 is 0. The van der Waals surface area contributed by atoms with E-state index in [9.17, 15) is 9.90 Å². The molecule has 0 spiro atoms. The standard InChI is InChI=1S/C16H22N6O2S/c1-16(2,24)10-21-5-7-22(8-6-21)13-4-3-12(9-17-13)14(23)19-15-20-18-11-25-15/h3-4,9,11,24H,5-8,10H2,1-2H3,(H,19,20,23). The maximum atomic E-state index is 12.1. The van der Waals surface area contributed by atoms with Crippen molar-refractivity contribution in [2.75, 3.05) is 42.9 Å². The summed E-state index contributed by atoms with van der Waals surface area (Å²) in [7, 11) is 0. The molecule has 1 saturated heterocycles. The molecule has 0 atom stereocenters. The van der Waals surface area contributed by atoms with E-state index in [0.29, 0.717) is 17.2 Å². The van der Waals surface area contributed by atoms with Gasteiger partial charge in [0.25, 0.3) is 5.91 Å². The number of pyridine rings is 1. The summed E-state index contributed by atoms with van der Waals surface area (Å²) >= 11 is 1.27. The first-order valence-corrected chi connectivity index (χ1v) is 9.02. The molecule has 1 aliphatic heterocycles. The molecular weight excluding hydrogens is 340 g/mol. The number of hydrogen-bond acceptors (Lipinski definition) is 8. The Hall–Kier alpha value is -2.10. The first-order chi connectivity index (χ1) is 11.9. The first-order valence-electron chi connectivity index (χ1n) is 8.14. The molecule has 25 heavy (non-hydrogen) atoms. The van der Waals surface area contributed by atoms with Gasteiger partial charge < -0.3 is 10.0 Å². The smallest absolute Gasteiger partial charge is 0.259 e.